The average Bonchev–Trinajstić information content (AvgIpc) is 3.38. The third-order valence-corrected chi connectivity index (χ3v) is 9.59. The normalized spacial score (nSPS) is 33.4. The number of nitrogens with zero attached hydrogens (tertiary/aromatic N) is 1. The Balaban J connectivity index is 1.34. The van der Waals surface area contributed by atoms with Crippen molar-refractivity contribution < 1.29 is 24.0 Å². The van der Waals surface area contributed by atoms with Gasteiger partial charge in [0.15, 0.2) is 0 Å². The monoisotopic (exact) mass is 477 g/mol. The van der Waals surface area contributed by atoms with E-state index in [1.807, 2.05) is 0 Å². The molecule has 5 saturated carbocycles. The molecule has 9 heteroatoms. The Bertz CT molecular complexity index is 909. The number of aromatic nitrogens is 1. The zero-order valence-corrected chi connectivity index (χ0v) is 20.3. The third kappa shape index (κ3) is 4.50. The first-order valence-corrected chi connectivity index (χ1v) is 13.1. The Morgan fingerprint density at radius 3 is 2.52 bits per heavy atom. The van der Waals surface area contributed by atoms with Crippen LogP contribution in [0.2, 0.25) is 0 Å². The standard InChI is InChI=1S/C24H35N3O5S/c1-23(2,22(25)29)12-31-21-19(33-16-5-3-4-6-16)18(32-27-21)20(28)26-17-14-7-13-8-15(17)11-24(30,9-13)10-14/h13-17,30H,3-12H2,1-2H3,(H2,25,29)(H,26,28). The van der Waals surface area contributed by atoms with E-state index in [0.29, 0.717) is 27.9 Å². The summed E-state index contributed by atoms with van der Waals surface area (Å²) in [5.74, 6) is 0.913. The number of hydrogen-bond acceptors (Lipinski definition) is 7. The molecule has 5 aliphatic carbocycles. The molecule has 1 heterocycles. The minimum atomic E-state index is -0.864. The maximum atomic E-state index is 13.4. The summed E-state index contributed by atoms with van der Waals surface area (Å²) in [4.78, 5) is 25.7. The number of nitrogens with one attached hydrogen (secondary N) is 1. The molecule has 1 aromatic rings. The number of carbonyl (C=O) groups is 2. The fourth-order valence-electron chi connectivity index (χ4n) is 6.53. The highest BCUT2D eigenvalue weighted by atomic mass is 32.2. The molecule has 0 radical (unpaired) electrons. The number of nitrogens with two attached hydrogens (primary N) is 1. The summed E-state index contributed by atoms with van der Waals surface area (Å²) in [6, 6.07) is 0.0573. The fourth-order valence-corrected chi connectivity index (χ4v) is 7.87. The van der Waals surface area contributed by atoms with E-state index in [-0.39, 0.29) is 30.2 Å². The van der Waals surface area contributed by atoms with Gasteiger partial charge in [0.1, 0.15) is 11.5 Å². The summed E-state index contributed by atoms with van der Waals surface area (Å²) in [6.45, 7) is 3.49. The molecule has 0 aliphatic heterocycles. The Kier molecular flexibility index (Phi) is 5.92. The predicted molar refractivity (Wildman–Crippen MR) is 123 cm³/mol. The van der Waals surface area contributed by atoms with Gasteiger partial charge in [0.25, 0.3) is 11.8 Å². The lowest BCUT2D eigenvalue weighted by molar-refractivity contribution is -0.137. The highest BCUT2D eigenvalue weighted by molar-refractivity contribution is 8.00. The number of aliphatic hydroxyl groups is 1. The second kappa shape index (κ2) is 8.48. The van der Waals surface area contributed by atoms with Crippen LogP contribution in [0.4, 0.5) is 0 Å². The van der Waals surface area contributed by atoms with Crippen molar-refractivity contribution in [1.82, 2.24) is 10.5 Å². The molecule has 182 valence electrons. The van der Waals surface area contributed by atoms with E-state index >= 15 is 0 Å². The van der Waals surface area contributed by atoms with Gasteiger partial charge in [0.2, 0.25) is 11.7 Å². The first kappa shape index (κ1) is 23.0. The quantitative estimate of drug-likeness (QED) is 0.524. The summed E-state index contributed by atoms with van der Waals surface area (Å²) >= 11 is 1.59. The number of amides is 2. The van der Waals surface area contributed by atoms with Crippen LogP contribution in [0.25, 0.3) is 0 Å². The van der Waals surface area contributed by atoms with E-state index in [0.717, 1.165) is 44.9 Å². The molecule has 0 saturated heterocycles. The van der Waals surface area contributed by atoms with E-state index in [1.54, 1.807) is 25.6 Å². The average molecular weight is 478 g/mol. The number of primary amides is 1. The van der Waals surface area contributed by atoms with Crippen LogP contribution in [0.15, 0.2) is 9.42 Å². The maximum absolute atomic E-state index is 13.4. The van der Waals surface area contributed by atoms with Crippen LogP contribution < -0.4 is 15.8 Å². The van der Waals surface area contributed by atoms with E-state index < -0.39 is 16.9 Å². The van der Waals surface area contributed by atoms with Crippen molar-refractivity contribution >= 4 is 23.6 Å². The SMILES string of the molecule is CC(C)(COc1noc(C(=O)NC2C3CC4CC2CC(O)(C4)C3)c1SC1CCCC1)C(N)=O. The molecule has 2 unspecified atom stereocenters. The van der Waals surface area contributed by atoms with Crippen LogP contribution in [0.5, 0.6) is 5.88 Å². The molecule has 1 aromatic heterocycles. The molecule has 0 spiro atoms. The number of carbonyl (C=O) groups excluding carboxylic acids is 2. The van der Waals surface area contributed by atoms with Crippen LogP contribution in [-0.2, 0) is 4.79 Å². The Morgan fingerprint density at radius 1 is 1.24 bits per heavy atom. The molecule has 8 nitrogen and oxygen atoms in total. The second-order valence-electron chi connectivity index (χ2n) is 11.4. The van der Waals surface area contributed by atoms with E-state index in [4.69, 9.17) is 15.0 Å². The minimum Gasteiger partial charge on any atom is -0.474 e. The van der Waals surface area contributed by atoms with Gasteiger partial charge in [0, 0.05) is 11.3 Å². The minimum absolute atomic E-state index is 0.0564. The summed E-state index contributed by atoms with van der Waals surface area (Å²) < 4.78 is 11.4. The first-order chi connectivity index (χ1) is 15.6. The van der Waals surface area contributed by atoms with Gasteiger partial charge >= 0.3 is 0 Å². The molecule has 4 N–H and O–H groups in total. The zero-order chi connectivity index (χ0) is 23.4. The third-order valence-electron chi connectivity index (χ3n) is 8.19. The molecule has 6 rings (SSSR count). The molecule has 2 atom stereocenters. The molecular weight excluding hydrogens is 442 g/mol. The van der Waals surface area contributed by atoms with Crippen molar-refractivity contribution in [2.45, 2.75) is 93.4 Å². The lowest BCUT2D eigenvalue weighted by atomic mass is 9.52. The van der Waals surface area contributed by atoms with Crippen molar-refractivity contribution in [2.75, 3.05) is 6.61 Å². The van der Waals surface area contributed by atoms with Crippen molar-refractivity contribution in [1.29, 1.82) is 0 Å². The smallest absolute Gasteiger partial charge is 0.291 e. The summed E-state index contributed by atoms with van der Waals surface area (Å²) in [7, 11) is 0. The molecular formula is C24H35N3O5S. The topological polar surface area (TPSA) is 128 Å². The van der Waals surface area contributed by atoms with E-state index in [9.17, 15) is 14.7 Å². The second-order valence-corrected chi connectivity index (χ2v) is 12.7. The Hall–Kier alpha value is -1.74. The fraction of sp³-hybridized carbons (Fsp3) is 0.792. The van der Waals surface area contributed by atoms with Crippen molar-refractivity contribution in [3.63, 3.8) is 0 Å². The van der Waals surface area contributed by atoms with Crippen molar-refractivity contribution in [3.8, 4) is 5.88 Å². The van der Waals surface area contributed by atoms with Crippen LogP contribution in [0.1, 0.15) is 82.2 Å². The van der Waals surface area contributed by atoms with E-state index in [1.165, 1.54) is 12.8 Å². The molecule has 0 aromatic carbocycles. The van der Waals surface area contributed by atoms with Gasteiger partial charge in [-0.2, -0.15) is 0 Å². The summed E-state index contributed by atoms with van der Waals surface area (Å²) in [5, 5.41) is 18.5. The maximum Gasteiger partial charge on any atom is 0.291 e. The molecule has 5 aliphatic rings. The van der Waals surface area contributed by atoms with Gasteiger partial charge in [-0.1, -0.05) is 12.8 Å². The first-order valence-electron chi connectivity index (χ1n) is 12.3. The van der Waals surface area contributed by atoms with Gasteiger partial charge < -0.3 is 25.4 Å². The highest BCUT2D eigenvalue weighted by Gasteiger charge is 2.55. The van der Waals surface area contributed by atoms with Gasteiger partial charge in [-0.15, -0.1) is 11.8 Å². The van der Waals surface area contributed by atoms with Crippen molar-refractivity contribution in [2.24, 2.45) is 28.9 Å². The lowest BCUT2D eigenvalue weighted by Gasteiger charge is -2.58. The van der Waals surface area contributed by atoms with Crippen LogP contribution in [-0.4, -0.2) is 45.6 Å². The Labute approximate surface area is 198 Å². The van der Waals surface area contributed by atoms with Gasteiger partial charge in [-0.25, -0.2) is 0 Å². The molecule has 33 heavy (non-hydrogen) atoms. The number of hydrogen-bond donors (Lipinski definition) is 3. The van der Waals surface area contributed by atoms with Crippen LogP contribution in [0.3, 0.4) is 0 Å². The highest BCUT2D eigenvalue weighted by Crippen LogP contribution is 2.55. The van der Waals surface area contributed by atoms with Crippen LogP contribution >= 0.6 is 11.8 Å². The zero-order valence-electron chi connectivity index (χ0n) is 19.5. The van der Waals surface area contributed by atoms with Crippen molar-refractivity contribution in [3.05, 3.63) is 5.76 Å². The van der Waals surface area contributed by atoms with Crippen LogP contribution in [0, 0.1) is 23.2 Å². The van der Waals surface area contributed by atoms with Gasteiger partial charge in [-0.05, 0) is 81.7 Å². The van der Waals surface area contributed by atoms with E-state index in [2.05, 4.69) is 10.5 Å². The predicted octanol–water partition coefficient (Wildman–Crippen LogP) is 3.27. The number of rotatable bonds is 8. The molecule has 4 bridgehead atoms. The summed E-state index contributed by atoms with van der Waals surface area (Å²) in [5.41, 5.74) is 4.08. The lowest BCUT2D eigenvalue weighted by Crippen LogP contribution is -2.61. The molecule has 2 amide bonds. The largest absolute Gasteiger partial charge is 0.474 e. The molecule has 5 fully saturated rings. The number of ether oxygens (including phenoxy) is 1. The number of thioether (sulfide) groups is 1. The summed E-state index contributed by atoms with van der Waals surface area (Å²) in [6.07, 6.45) is 9.08. The van der Waals surface area contributed by atoms with Gasteiger partial charge in [0.05, 0.1) is 11.0 Å². The Morgan fingerprint density at radius 2 is 1.91 bits per heavy atom. The van der Waals surface area contributed by atoms with Gasteiger partial charge in [-0.3, -0.25) is 9.59 Å².